The molecule has 1 aromatic carbocycles. The highest BCUT2D eigenvalue weighted by Crippen LogP contribution is 2.23. The summed E-state index contributed by atoms with van der Waals surface area (Å²) in [5.41, 5.74) is -0.213. The van der Waals surface area contributed by atoms with Crippen LogP contribution in [0, 0.1) is 5.92 Å². The molecule has 0 fully saturated rings. The van der Waals surface area contributed by atoms with Gasteiger partial charge in [-0.15, -0.1) is 0 Å². The average molecular weight is 317 g/mol. The van der Waals surface area contributed by atoms with Gasteiger partial charge in [0.15, 0.2) is 0 Å². The van der Waals surface area contributed by atoms with Crippen LogP contribution >= 0.6 is 0 Å². The van der Waals surface area contributed by atoms with Crippen molar-refractivity contribution in [2.45, 2.75) is 18.7 Å². The van der Waals surface area contributed by atoms with E-state index in [2.05, 4.69) is 4.72 Å². The van der Waals surface area contributed by atoms with Gasteiger partial charge in [-0.25, -0.2) is 17.9 Å². The zero-order valence-corrected chi connectivity index (χ0v) is 12.7. The van der Waals surface area contributed by atoms with Gasteiger partial charge < -0.3 is 14.9 Å². The predicted octanol–water partition coefficient (Wildman–Crippen LogP) is 0.690. The van der Waals surface area contributed by atoms with E-state index in [0.717, 1.165) is 6.07 Å². The van der Waals surface area contributed by atoms with Gasteiger partial charge in [0.25, 0.3) is 0 Å². The van der Waals surface area contributed by atoms with Crippen LogP contribution in [0.25, 0.3) is 0 Å². The van der Waals surface area contributed by atoms with Crippen LogP contribution in [0.2, 0.25) is 0 Å². The van der Waals surface area contributed by atoms with Gasteiger partial charge >= 0.3 is 5.97 Å². The van der Waals surface area contributed by atoms with Gasteiger partial charge in [-0.2, -0.15) is 0 Å². The van der Waals surface area contributed by atoms with E-state index in [-0.39, 0.29) is 41.9 Å². The highest BCUT2D eigenvalue weighted by Gasteiger charge is 2.20. The molecule has 1 rings (SSSR count). The SMILES string of the molecule is CCOc1ccc(S(=O)(=O)NCC(C)CO)cc1C(=O)O. The molecule has 0 radical (unpaired) electrons. The molecule has 1 unspecified atom stereocenters. The smallest absolute Gasteiger partial charge is 0.339 e. The molecule has 1 aromatic rings. The number of nitrogens with one attached hydrogen (secondary N) is 1. The Morgan fingerprint density at radius 3 is 2.62 bits per heavy atom. The Bertz CT molecular complexity index is 599. The normalized spacial score (nSPS) is 12.9. The Morgan fingerprint density at radius 1 is 1.43 bits per heavy atom. The second kappa shape index (κ2) is 7.39. The van der Waals surface area contributed by atoms with Crippen LogP contribution in [0.4, 0.5) is 0 Å². The molecule has 0 bridgehead atoms. The van der Waals surface area contributed by atoms with Crippen molar-refractivity contribution in [2.75, 3.05) is 19.8 Å². The molecule has 0 aromatic heterocycles. The largest absolute Gasteiger partial charge is 0.493 e. The fourth-order valence-corrected chi connectivity index (χ4v) is 2.72. The van der Waals surface area contributed by atoms with Crippen LogP contribution in [0.1, 0.15) is 24.2 Å². The Morgan fingerprint density at radius 2 is 2.10 bits per heavy atom. The summed E-state index contributed by atoms with van der Waals surface area (Å²) in [6.07, 6.45) is 0. The quantitative estimate of drug-likeness (QED) is 0.650. The summed E-state index contributed by atoms with van der Waals surface area (Å²) in [5, 5.41) is 18.0. The maximum Gasteiger partial charge on any atom is 0.339 e. The lowest BCUT2D eigenvalue weighted by Crippen LogP contribution is -2.29. The van der Waals surface area contributed by atoms with E-state index in [1.807, 2.05) is 0 Å². The first-order valence-electron chi connectivity index (χ1n) is 6.42. The van der Waals surface area contributed by atoms with Crippen LogP contribution in [0.5, 0.6) is 5.75 Å². The van der Waals surface area contributed by atoms with Gasteiger partial charge in [-0.3, -0.25) is 0 Å². The Balaban J connectivity index is 3.07. The molecule has 0 saturated carbocycles. The van der Waals surface area contributed by atoms with E-state index in [0.29, 0.717) is 0 Å². The summed E-state index contributed by atoms with van der Waals surface area (Å²) in [6, 6.07) is 3.65. The fourth-order valence-electron chi connectivity index (χ4n) is 1.52. The number of aromatic carboxylic acids is 1. The molecule has 0 saturated heterocycles. The Kier molecular flexibility index (Phi) is 6.13. The van der Waals surface area contributed by atoms with Gasteiger partial charge in [0.1, 0.15) is 11.3 Å². The van der Waals surface area contributed by atoms with Crippen LogP contribution in [-0.2, 0) is 10.0 Å². The highest BCUT2D eigenvalue weighted by atomic mass is 32.2. The molecular weight excluding hydrogens is 298 g/mol. The second-order valence-electron chi connectivity index (χ2n) is 4.54. The number of aliphatic hydroxyl groups is 1. The standard InChI is InChI=1S/C13H19NO6S/c1-3-20-12-5-4-10(6-11(12)13(16)17)21(18,19)14-7-9(2)8-15/h4-6,9,14-15H,3,7-8H2,1-2H3,(H,16,17). The topological polar surface area (TPSA) is 113 Å². The van der Waals surface area contributed by atoms with E-state index in [4.69, 9.17) is 14.9 Å². The number of hydrogen-bond donors (Lipinski definition) is 3. The van der Waals surface area contributed by atoms with Crippen LogP contribution < -0.4 is 9.46 Å². The third kappa shape index (κ3) is 4.69. The molecule has 3 N–H and O–H groups in total. The van der Waals surface area contributed by atoms with E-state index < -0.39 is 16.0 Å². The van der Waals surface area contributed by atoms with Gasteiger partial charge in [0, 0.05) is 13.2 Å². The number of carboxylic acids is 1. The van der Waals surface area contributed by atoms with Crippen molar-refractivity contribution >= 4 is 16.0 Å². The number of sulfonamides is 1. The molecule has 0 aliphatic rings. The summed E-state index contributed by atoms with van der Waals surface area (Å²) in [4.78, 5) is 11.0. The minimum atomic E-state index is -3.83. The van der Waals surface area contributed by atoms with Crippen molar-refractivity contribution < 1.29 is 28.2 Å². The van der Waals surface area contributed by atoms with Crippen LogP contribution in [-0.4, -0.2) is 44.4 Å². The van der Waals surface area contributed by atoms with Crippen LogP contribution in [0.3, 0.4) is 0 Å². The zero-order chi connectivity index (χ0) is 16.0. The number of aliphatic hydroxyl groups excluding tert-OH is 1. The third-order valence-electron chi connectivity index (χ3n) is 2.73. The van der Waals surface area contributed by atoms with E-state index in [1.165, 1.54) is 12.1 Å². The summed E-state index contributed by atoms with van der Waals surface area (Å²) >= 11 is 0. The third-order valence-corrected chi connectivity index (χ3v) is 4.15. The Hall–Kier alpha value is -1.64. The molecule has 7 nitrogen and oxygen atoms in total. The maximum absolute atomic E-state index is 12.1. The average Bonchev–Trinajstić information content (AvgIpc) is 2.45. The monoisotopic (exact) mass is 317 g/mol. The zero-order valence-electron chi connectivity index (χ0n) is 11.9. The van der Waals surface area contributed by atoms with Gasteiger partial charge in [0.05, 0.1) is 11.5 Å². The second-order valence-corrected chi connectivity index (χ2v) is 6.30. The number of ether oxygens (including phenoxy) is 1. The molecular formula is C13H19NO6S. The van der Waals surface area contributed by atoms with Gasteiger partial charge in [-0.05, 0) is 31.0 Å². The van der Waals surface area contributed by atoms with Crippen molar-refractivity contribution in [3.05, 3.63) is 23.8 Å². The minimum Gasteiger partial charge on any atom is -0.493 e. The van der Waals surface area contributed by atoms with Crippen molar-refractivity contribution in [3.63, 3.8) is 0 Å². The van der Waals surface area contributed by atoms with E-state index in [1.54, 1.807) is 13.8 Å². The molecule has 1 atom stereocenters. The number of carboxylic acid groups (broad SMARTS) is 1. The first kappa shape index (κ1) is 17.4. The molecule has 0 spiro atoms. The first-order chi connectivity index (χ1) is 9.81. The lowest BCUT2D eigenvalue weighted by atomic mass is 10.2. The molecule has 118 valence electrons. The molecule has 0 aliphatic carbocycles. The van der Waals surface area contributed by atoms with E-state index in [9.17, 15) is 13.2 Å². The Labute approximate surface area is 123 Å². The minimum absolute atomic E-state index is 0.0639. The van der Waals surface area contributed by atoms with E-state index >= 15 is 0 Å². The van der Waals surface area contributed by atoms with Crippen molar-refractivity contribution in [1.82, 2.24) is 4.72 Å². The fraction of sp³-hybridized carbons (Fsp3) is 0.462. The number of benzene rings is 1. The summed E-state index contributed by atoms with van der Waals surface area (Å²) in [5.74, 6) is -1.38. The van der Waals surface area contributed by atoms with Crippen LogP contribution in [0.15, 0.2) is 23.1 Å². The summed E-state index contributed by atoms with van der Waals surface area (Å²) in [6.45, 7) is 3.58. The molecule has 0 aliphatic heterocycles. The maximum atomic E-state index is 12.1. The van der Waals surface area contributed by atoms with Crippen molar-refractivity contribution in [1.29, 1.82) is 0 Å². The summed E-state index contributed by atoms with van der Waals surface area (Å²) in [7, 11) is -3.83. The first-order valence-corrected chi connectivity index (χ1v) is 7.90. The number of rotatable bonds is 8. The van der Waals surface area contributed by atoms with Crippen molar-refractivity contribution in [3.8, 4) is 5.75 Å². The van der Waals surface area contributed by atoms with Gasteiger partial charge in [0.2, 0.25) is 10.0 Å². The molecule has 0 heterocycles. The number of hydrogen-bond acceptors (Lipinski definition) is 5. The highest BCUT2D eigenvalue weighted by molar-refractivity contribution is 7.89. The number of carbonyl (C=O) groups is 1. The molecule has 21 heavy (non-hydrogen) atoms. The predicted molar refractivity (Wildman–Crippen MR) is 76.0 cm³/mol. The summed E-state index contributed by atoms with van der Waals surface area (Å²) < 4.78 is 31.6. The van der Waals surface area contributed by atoms with Crippen molar-refractivity contribution in [2.24, 2.45) is 5.92 Å². The molecule has 0 amide bonds. The molecule has 8 heteroatoms. The lowest BCUT2D eigenvalue weighted by Gasteiger charge is -2.12. The van der Waals surface area contributed by atoms with Gasteiger partial charge in [-0.1, -0.05) is 6.92 Å². The lowest BCUT2D eigenvalue weighted by molar-refractivity contribution is 0.0692.